The van der Waals surface area contributed by atoms with Gasteiger partial charge in [0.05, 0.1) is 5.69 Å². The van der Waals surface area contributed by atoms with Gasteiger partial charge >= 0.3 is 12.1 Å². The molecule has 1 aromatic carbocycles. The van der Waals surface area contributed by atoms with Crippen LogP contribution in [-0.2, 0) is 28.7 Å². The number of nitrogens with zero attached hydrogens (tertiary/aromatic N) is 5. The molecule has 4 rings (SSSR count). The summed E-state index contributed by atoms with van der Waals surface area (Å²) < 4.78 is 58.1. The van der Waals surface area contributed by atoms with Crippen molar-refractivity contribution in [3.05, 3.63) is 63.9 Å². The van der Waals surface area contributed by atoms with Gasteiger partial charge in [0, 0.05) is 28.8 Å². The molecule has 7 nitrogen and oxygen atoms in total. The first-order valence-corrected chi connectivity index (χ1v) is 10.7. The predicted molar refractivity (Wildman–Crippen MR) is 111 cm³/mol. The topological polar surface area (TPSA) is 82.3 Å². The number of carbonyl (C=O) groups is 1. The number of halogens is 4. The normalized spacial score (nSPS) is 11.8. The molecule has 0 radical (unpaired) electrons. The molecule has 0 amide bonds. The van der Waals surface area contributed by atoms with Gasteiger partial charge in [-0.05, 0) is 50.1 Å². The van der Waals surface area contributed by atoms with Crippen LogP contribution in [0.1, 0.15) is 34.9 Å². The number of alkyl halides is 3. The van der Waals surface area contributed by atoms with Crippen molar-refractivity contribution < 1.29 is 27.1 Å². The van der Waals surface area contributed by atoms with E-state index in [1.807, 2.05) is 0 Å². The Morgan fingerprint density at radius 2 is 1.85 bits per heavy atom. The third-order valence-electron chi connectivity index (χ3n) is 4.91. The van der Waals surface area contributed by atoms with Crippen molar-refractivity contribution in [3.8, 4) is 10.6 Å². The van der Waals surface area contributed by atoms with Crippen LogP contribution in [0.5, 0.6) is 0 Å². The van der Waals surface area contributed by atoms with Crippen LogP contribution in [0.4, 0.5) is 17.6 Å². The molecule has 0 saturated carbocycles. The minimum Gasteiger partial charge on any atom is -0.459 e. The van der Waals surface area contributed by atoms with Crippen molar-refractivity contribution in [1.29, 1.82) is 0 Å². The number of hydrogen-bond acceptors (Lipinski definition) is 7. The van der Waals surface area contributed by atoms with Gasteiger partial charge in [0.2, 0.25) is 0 Å². The van der Waals surface area contributed by atoms with Crippen molar-refractivity contribution in [2.24, 2.45) is 0 Å². The minimum atomic E-state index is -4.68. The number of esters is 1. The average molecular weight is 479 g/mol. The zero-order chi connectivity index (χ0) is 23.8. The summed E-state index contributed by atoms with van der Waals surface area (Å²) in [5.74, 6) is -2.24. The van der Waals surface area contributed by atoms with E-state index in [2.05, 4.69) is 20.1 Å². The quantitative estimate of drug-likeness (QED) is 0.295. The van der Waals surface area contributed by atoms with E-state index in [0.717, 1.165) is 10.1 Å². The Hall–Kier alpha value is -3.41. The first-order chi connectivity index (χ1) is 15.6. The highest BCUT2D eigenvalue weighted by Crippen LogP contribution is 2.27. The number of carbonyl (C=O) groups excluding carboxylic acids is 1. The molecule has 0 fully saturated rings. The van der Waals surface area contributed by atoms with Gasteiger partial charge in [-0.25, -0.2) is 18.9 Å². The number of aryl methyl sites for hydroxylation is 2. The zero-order valence-corrected chi connectivity index (χ0v) is 18.3. The maximum Gasteiger partial charge on any atom is 0.453 e. The molecule has 0 aliphatic rings. The molecule has 12 heteroatoms. The van der Waals surface area contributed by atoms with Gasteiger partial charge in [0.25, 0.3) is 11.6 Å². The summed E-state index contributed by atoms with van der Waals surface area (Å²) in [7, 11) is 0. The van der Waals surface area contributed by atoms with Crippen molar-refractivity contribution in [1.82, 2.24) is 24.6 Å². The molecule has 0 atom stereocenters. The largest absolute Gasteiger partial charge is 0.459 e. The number of thiazole rings is 1. The van der Waals surface area contributed by atoms with Gasteiger partial charge in [0.15, 0.2) is 0 Å². The highest BCUT2D eigenvalue weighted by molar-refractivity contribution is 7.13. The molecule has 4 aromatic rings. The van der Waals surface area contributed by atoms with E-state index in [9.17, 15) is 22.4 Å². The van der Waals surface area contributed by atoms with Crippen LogP contribution >= 0.6 is 11.3 Å². The summed E-state index contributed by atoms with van der Waals surface area (Å²) in [6.45, 7) is 3.22. The zero-order valence-electron chi connectivity index (χ0n) is 17.5. The third kappa shape index (κ3) is 5.00. The molecule has 0 aliphatic heterocycles. The maximum absolute atomic E-state index is 13.1. The molecule has 0 spiro atoms. The molecule has 0 unspecified atom stereocenters. The van der Waals surface area contributed by atoms with E-state index >= 15 is 0 Å². The van der Waals surface area contributed by atoms with Crippen LogP contribution in [0.25, 0.3) is 16.3 Å². The standard InChI is InChI=1S/C21H17F4N5O2S/c1-11-16(12(2)30-20(26-11)28-19(29-30)21(23,24)25)7-8-17(31)32-9-15-10-33-18(27-15)13-3-5-14(22)6-4-13/h3-6,10H,7-9H2,1-2H3. The number of rotatable bonds is 6. The molecule has 3 heterocycles. The van der Waals surface area contributed by atoms with Crippen molar-refractivity contribution >= 4 is 23.1 Å². The molecular formula is C21H17F4N5O2S. The fraction of sp³-hybridized carbons (Fsp3) is 0.286. The summed E-state index contributed by atoms with van der Waals surface area (Å²) in [6.07, 6.45) is -4.45. The van der Waals surface area contributed by atoms with Crippen molar-refractivity contribution in [2.75, 3.05) is 0 Å². The molecule has 0 N–H and O–H groups in total. The highest BCUT2D eigenvalue weighted by Gasteiger charge is 2.37. The van der Waals surface area contributed by atoms with E-state index in [-0.39, 0.29) is 31.0 Å². The van der Waals surface area contributed by atoms with Crippen LogP contribution in [0.3, 0.4) is 0 Å². The molecule has 0 saturated heterocycles. The lowest BCUT2D eigenvalue weighted by Crippen LogP contribution is -2.11. The summed E-state index contributed by atoms with van der Waals surface area (Å²) in [5, 5.41) is 5.92. The second-order valence-corrected chi connectivity index (χ2v) is 8.08. The van der Waals surface area contributed by atoms with Crippen LogP contribution in [0.2, 0.25) is 0 Å². The highest BCUT2D eigenvalue weighted by atomic mass is 32.1. The Balaban J connectivity index is 1.38. The Morgan fingerprint density at radius 1 is 1.12 bits per heavy atom. The average Bonchev–Trinajstić information content (AvgIpc) is 3.40. The number of benzene rings is 1. The number of ether oxygens (including phenoxy) is 1. The minimum absolute atomic E-state index is 0.00461. The third-order valence-corrected chi connectivity index (χ3v) is 5.85. The van der Waals surface area contributed by atoms with E-state index in [0.29, 0.717) is 27.7 Å². The van der Waals surface area contributed by atoms with Gasteiger partial charge in [-0.1, -0.05) is 0 Å². The Kier molecular flexibility index (Phi) is 6.11. The maximum atomic E-state index is 13.1. The Labute approximate surface area is 189 Å². The first kappa shape index (κ1) is 22.8. The monoisotopic (exact) mass is 479 g/mol. The van der Waals surface area contributed by atoms with E-state index in [1.54, 1.807) is 31.4 Å². The molecule has 0 bridgehead atoms. The fourth-order valence-corrected chi connectivity index (χ4v) is 4.05. The SMILES string of the molecule is Cc1nc2nc(C(F)(F)F)nn2c(C)c1CCC(=O)OCc1csc(-c2ccc(F)cc2)n1. The summed E-state index contributed by atoms with van der Waals surface area (Å²) in [6, 6.07) is 5.92. The Morgan fingerprint density at radius 3 is 2.55 bits per heavy atom. The van der Waals surface area contributed by atoms with Gasteiger partial charge in [0.1, 0.15) is 17.4 Å². The number of fused-ring (bicyclic) bond motifs is 1. The first-order valence-electron chi connectivity index (χ1n) is 9.78. The molecule has 3 aromatic heterocycles. The molecule has 0 aliphatic carbocycles. The van der Waals surface area contributed by atoms with Gasteiger partial charge < -0.3 is 4.74 Å². The Bertz CT molecular complexity index is 1310. The smallest absolute Gasteiger partial charge is 0.453 e. The second-order valence-electron chi connectivity index (χ2n) is 7.22. The lowest BCUT2D eigenvalue weighted by Gasteiger charge is -2.10. The summed E-state index contributed by atoms with van der Waals surface area (Å²) in [4.78, 5) is 24.1. The summed E-state index contributed by atoms with van der Waals surface area (Å²) in [5.41, 5.74) is 2.82. The fourth-order valence-electron chi connectivity index (χ4n) is 3.24. The van der Waals surface area contributed by atoms with Gasteiger partial charge in [-0.2, -0.15) is 18.2 Å². The van der Waals surface area contributed by atoms with Crippen LogP contribution in [-0.4, -0.2) is 30.5 Å². The van der Waals surface area contributed by atoms with Crippen LogP contribution in [0, 0.1) is 19.7 Å². The van der Waals surface area contributed by atoms with Crippen LogP contribution in [0.15, 0.2) is 29.6 Å². The van der Waals surface area contributed by atoms with Gasteiger partial charge in [-0.3, -0.25) is 4.79 Å². The van der Waals surface area contributed by atoms with Crippen molar-refractivity contribution in [3.63, 3.8) is 0 Å². The van der Waals surface area contributed by atoms with E-state index < -0.39 is 18.0 Å². The molecule has 172 valence electrons. The van der Waals surface area contributed by atoms with E-state index in [1.165, 1.54) is 23.5 Å². The van der Waals surface area contributed by atoms with Gasteiger partial charge in [-0.15, -0.1) is 16.4 Å². The lowest BCUT2D eigenvalue weighted by molar-refractivity contribution is -0.145. The predicted octanol–water partition coefficient (Wildman–Crippen LogP) is 4.70. The van der Waals surface area contributed by atoms with Crippen molar-refractivity contribution in [2.45, 2.75) is 39.5 Å². The number of aromatic nitrogens is 5. The number of hydrogen-bond donors (Lipinski definition) is 0. The lowest BCUT2D eigenvalue weighted by atomic mass is 10.1. The van der Waals surface area contributed by atoms with E-state index in [4.69, 9.17) is 4.74 Å². The molecule has 33 heavy (non-hydrogen) atoms. The molecular weight excluding hydrogens is 462 g/mol. The van der Waals surface area contributed by atoms with Crippen LogP contribution < -0.4 is 0 Å². The summed E-state index contributed by atoms with van der Waals surface area (Å²) >= 11 is 1.35. The second kappa shape index (κ2) is 8.85.